The van der Waals surface area contributed by atoms with Gasteiger partial charge in [0.1, 0.15) is 5.82 Å². The van der Waals surface area contributed by atoms with E-state index in [1.54, 1.807) is 12.3 Å². The van der Waals surface area contributed by atoms with E-state index in [1.807, 2.05) is 42.9 Å². The Labute approximate surface area is 142 Å². The summed E-state index contributed by atoms with van der Waals surface area (Å²) in [6, 6.07) is 17.4. The predicted octanol–water partition coefficient (Wildman–Crippen LogP) is 4.11. The van der Waals surface area contributed by atoms with Crippen molar-refractivity contribution in [1.82, 2.24) is 14.5 Å². The van der Waals surface area contributed by atoms with E-state index in [0.717, 1.165) is 31.6 Å². The molecular weight excluding hydrogens is 301 g/mol. The average Bonchev–Trinajstić information content (AvgIpc) is 3.11. The fraction of sp³-hybridized carbons (Fsp3) is 0.250. The van der Waals surface area contributed by atoms with Gasteiger partial charge in [-0.3, -0.25) is 4.90 Å². The van der Waals surface area contributed by atoms with Crippen molar-refractivity contribution < 1.29 is 4.39 Å². The molecule has 0 aliphatic heterocycles. The maximum Gasteiger partial charge on any atom is 0.127 e. The van der Waals surface area contributed by atoms with Crippen molar-refractivity contribution in [1.29, 1.82) is 0 Å². The van der Waals surface area contributed by atoms with Gasteiger partial charge in [0.05, 0.1) is 6.33 Å². The van der Waals surface area contributed by atoms with Gasteiger partial charge in [-0.15, -0.1) is 0 Å². The third-order valence-corrected chi connectivity index (χ3v) is 4.05. The van der Waals surface area contributed by atoms with E-state index in [1.165, 1.54) is 11.6 Å². The summed E-state index contributed by atoms with van der Waals surface area (Å²) >= 11 is 0. The molecule has 0 aliphatic carbocycles. The van der Waals surface area contributed by atoms with E-state index in [9.17, 15) is 4.39 Å². The average molecular weight is 323 g/mol. The summed E-state index contributed by atoms with van der Waals surface area (Å²) in [6.07, 6.45) is 6.59. The van der Waals surface area contributed by atoms with E-state index in [0.29, 0.717) is 6.54 Å². The van der Waals surface area contributed by atoms with Gasteiger partial charge in [0.15, 0.2) is 0 Å². The molecule has 0 bridgehead atoms. The van der Waals surface area contributed by atoms with Crippen LogP contribution >= 0.6 is 0 Å². The van der Waals surface area contributed by atoms with Gasteiger partial charge in [-0.2, -0.15) is 0 Å². The van der Waals surface area contributed by atoms with Crippen LogP contribution in [-0.2, 0) is 19.6 Å². The SMILES string of the molecule is Fc1ccccc1CN(CCCn1ccnc1)Cc1ccccc1. The first-order valence-electron chi connectivity index (χ1n) is 8.27. The molecule has 0 radical (unpaired) electrons. The van der Waals surface area contributed by atoms with Crippen molar-refractivity contribution >= 4 is 0 Å². The Bertz CT molecular complexity index is 726. The molecule has 24 heavy (non-hydrogen) atoms. The van der Waals surface area contributed by atoms with Crippen molar-refractivity contribution in [2.24, 2.45) is 0 Å². The summed E-state index contributed by atoms with van der Waals surface area (Å²) in [7, 11) is 0. The van der Waals surface area contributed by atoms with Gasteiger partial charge >= 0.3 is 0 Å². The van der Waals surface area contributed by atoms with Gasteiger partial charge in [-0.25, -0.2) is 9.37 Å². The maximum absolute atomic E-state index is 14.0. The highest BCUT2D eigenvalue weighted by Gasteiger charge is 2.10. The third kappa shape index (κ3) is 4.77. The zero-order valence-electron chi connectivity index (χ0n) is 13.7. The number of hydrogen-bond donors (Lipinski definition) is 0. The van der Waals surface area contributed by atoms with Gasteiger partial charge in [0, 0.05) is 44.1 Å². The largest absolute Gasteiger partial charge is 0.337 e. The molecule has 124 valence electrons. The number of aromatic nitrogens is 2. The first-order chi connectivity index (χ1) is 11.8. The summed E-state index contributed by atoms with van der Waals surface area (Å²) in [6.45, 7) is 3.26. The molecule has 0 N–H and O–H groups in total. The summed E-state index contributed by atoms with van der Waals surface area (Å²) in [4.78, 5) is 6.36. The molecule has 0 fully saturated rings. The Morgan fingerprint density at radius 2 is 1.75 bits per heavy atom. The molecule has 4 heteroatoms. The number of hydrogen-bond acceptors (Lipinski definition) is 2. The zero-order chi connectivity index (χ0) is 16.6. The molecule has 0 saturated carbocycles. The molecule has 0 atom stereocenters. The standard InChI is InChI=1S/C20H22FN3/c21-20-10-5-4-9-19(20)16-24(15-18-7-2-1-3-8-18)13-6-12-23-14-11-22-17-23/h1-5,7-11,14,17H,6,12-13,15-16H2. The fourth-order valence-corrected chi connectivity index (χ4v) is 2.82. The van der Waals surface area contributed by atoms with E-state index in [4.69, 9.17) is 0 Å². The third-order valence-electron chi connectivity index (χ3n) is 4.05. The number of benzene rings is 2. The maximum atomic E-state index is 14.0. The minimum atomic E-state index is -0.134. The van der Waals surface area contributed by atoms with Crippen molar-refractivity contribution in [3.63, 3.8) is 0 Å². The Morgan fingerprint density at radius 1 is 0.958 bits per heavy atom. The topological polar surface area (TPSA) is 21.1 Å². The fourth-order valence-electron chi connectivity index (χ4n) is 2.82. The molecule has 0 aliphatic rings. The van der Waals surface area contributed by atoms with Crippen LogP contribution in [0.1, 0.15) is 17.5 Å². The summed E-state index contributed by atoms with van der Waals surface area (Å²) in [5, 5.41) is 0. The number of halogens is 1. The summed E-state index contributed by atoms with van der Waals surface area (Å²) < 4.78 is 16.1. The van der Waals surface area contributed by atoms with Gasteiger partial charge in [0.2, 0.25) is 0 Å². The Morgan fingerprint density at radius 3 is 2.50 bits per heavy atom. The van der Waals surface area contributed by atoms with Crippen LogP contribution in [0, 0.1) is 5.82 Å². The van der Waals surface area contributed by atoms with Gasteiger partial charge < -0.3 is 4.57 Å². The van der Waals surface area contributed by atoms with Crippen molar-refractivity contribution in [2.75, 3.05) is 6.54 Å². The van der Waals surface area contributed by atoms with E-state index >= 15 is 0 Å². The van der Waals surface area contributed by atoms with Gasteiger partial charge in [0.25, 0.3) is 0 Å². The highest BCUT2D eigenvalue weighted by molar-refractivity contribution is 5.18. The van der Waals surface area contributed by atoms with Crippen molar-refractivity contribution in [2.45, 2.75) is 26.1 Å². The van der Waals surface area contributed by atoms with Crippen molar-refractivity contribution in [3.8, 4) is 0 Å². The molecular formula is C20H22FN3. The van der Waals surface area contributed by atoms with Crippen LogP contribution in [0.2, 0.25) is 0 Å². The normalized spacial score (nSPS) is 11.1. The number of rotatable bonds is 8. The van der Waals surface area contributed by atoms with E-state index < -0.39 is 0 Å². The molecule has 3 aromatic rings. The zero-order valence-corrected chi connectivity index (χ0v) is 13.7. The highest BCUT2D eigenvalue weighted by atomic mass is 19.1. The van der Waals surface area contributed by atoms with Crippen LogP contribution < -0.4 is 0 Å². The molecule has 3 nitrogen and oxygen atoms in total. The first kappa shape index (κ1) is 16.4. The summed E-state index contributed by atoms with van der Waals surface area (Å²) in [5.41, 5.74) is 1.99. The predicted molar refractivity (Wildman–Crippen MR) is 93.8 cm³/mol. The number of nitrogens with zero attached hydrogens (tertiary/aromatic N) is 3. The molecule has 0 amide bonds. The van der Waals surface area contributed by atoms with Crippen LogP contribution in [0.3, 0.4) is 0 Å². The van der Waals surface area contributed by atoms with Crippen LogP contribution in [0.5, 0.6) is 0 Å². The Balaban J connectivity index is 1.64. The Hall–Kier alpha value is -2.46. The molecule has 2 aromatic carbocycles. The van der Waals surface area contributed by atoms with E-state index in [-0.39, 0.29) is 5.82 Å². The minimum Gasteiger partial charge on any atom is -0.337 e. The lowest BCUT2D eigenvalue weighted by atomic mass is 10.1. The second kappa shape index (κ2) is 8.41. The first-order valence-corrected chi connectivity index (χ1v) is 8.27. The number of imidazole rings is 1. The molecule has 1 heterocycles. The second-order valence-corrected chi connectivity index (χ2v) is 5.94. The molecule has 1 aromatic heterocycles. The van der Waals surface area contributed by atoms with Crippen LogP contribution in [0.25, 0.3) is 0 Å². The van der Waals surface area contributed by atoms with Crippen LogP contribution in [-0.4, -0.2) is 21.0 Å². The monoisotopic (exact) mass is 323 g/mol. The second-order valence-electron chi connectivity index (χ2n) is 5.94. The quantitative estimate of drug-likeness (QED) is 0.622. The van der Waals surface area contributed by atoms with E-state index in [2.05, 4.69) is 26.6 Å². The van der Waals surface area contributed by atoms with Gasteiger partial charge in [-0.05, 0) is 18.1 Å². The van der Waals surface area contributed by atoms with Gasteiger partial charge in [-0.1, -0.05) is 48.5 Å². The summed E-state index contributed by atoms with van der Waals surface area (Å²) in [5.74, 6) is -0.134. The van der Waals surface area contributed by atoms with Crippen LogP contribution in [0.4, 0.5) is 4.39 Å². The lowest BCUT2D eigenvalue weighted by Gasteiger charge is -2.23. The lowest BCUT2D eigenvalue weighted by Crippen LogP contribution is -2.25. The van der Waals surface area contributed by atoms with Crippen molar-refractivity contribution in [3.05, 3.63) is 90.3 Å². The Kier molecular flexibility index (Phi) is 5.75. The lowest BCUT2D eigenvalue weighted by molar-refractivity contribution is 0.245. The molecule has 0 unspecified atom stereocenters. The highest BCUT2D eigenvalue weighted by Crippen LogP contribution is 2.13. The smallest absolute Gasteiger partial charge is 0.127 e. The molecule has 0 saturated heterocycles. The molecule has 0 spiro atoms. The number of aryl methyl sites for hydroxylation is 1. The van der Waals surface area contributed by atoms with Crippen LogP contribution in [0.15, 0.2) is 73.3 Å². The minimum absolute atomic E-state index is 0.134. The molecule has 3 rings (SSSR count).